The second-order valence-corrected chi connectivity index (χ2v) is 4.27. The Morgan fingerprint density at radius 1 is 1.33 bits per heavy atom. The van der Waals surface area contributed by atoms with Gasteiger partial charge >= 0.3 is 5.97 Å². The van der Waals surface area contributed by atoms with E-state index >= 15 is 0 Å². The smallest absolute Gasteiger partial charge is 0.325 e. The first-order chi connectivity index (χ1) is 8.60. The molecular weight excluding hydrogens is 233 g/mol. The average molecular weight is 253 g/mol. The first-order valence-electron chi connectivity index (χ1n) is 6.32. The number of hydrogen-bond acceptors (Lipinski definition) is 2. The van der Waals surface area contributed by atoms with Crippen molar-refractivity contribution in [3.63, 3.8) is 0 Å². The van der Waals surface area contributed by atoms with E-state index in [1.807, 2.05) is 11.8 Å². The molecule has 1 aromatic rings. The fourth-order valence-electron chi connectivity index (χ4n) is 1.99. The molecule has 1 atom stereocenters. The third-order valence-electron chi connectivity index (χ3n) is 2.99. The number of aliphatic carboxylic acids is 1. The van der Waals surface area contributed by atoms with Gasteiger partial charge in [0.25, 0.3) is 0 Å². The van der Waals surface area contributed by atoms with Gasteiger partial charge in [0.1, 0.15) is 11.9 Å². The number of carboxylic acids is 1. The number of benzene rings is 1. The Labute approximate surface area is 107 Å². The predicted octanol–water partition coefficient (Wildman–Crippen LogP) is 3.07. The van der Waals surface area contributed by atoms with Crippen LogP contribution in [0.3, 0.4) is 0 Å². The van der Waals surface area contributed by atoms with Gasteiger partial charge in [-0.3, -0.25) is 9.69 Å². The molecule has 1 N–H and O–H groups in total. The summed E-state index contributed by atoms with van der Waals surface area (Å²) in [7, 11) is 0. The van der Waals surface area contributed by atoms with Crippen molar-refractivity contribution in [1.82, 2.24) is 4.90 Å². The lowest BCUT2D eigenvalue weighted by Gasteiger charge is -2.27. The van der Waals surface area contributed by atoms with E-state index < -0.39 is 12.0 Å². The number of carbonyl (C=O) groups is 1. The summed E-state index contributed by atoms with van der Waals surface area (Å²) in [6.07, 6.45) is 1.98. The maximum absolute atomic E-state index is 12.9. The molecule has 0 heterocycles. The Kier molecular flexibility index (Phi) is 5.78. The number of likely N-dealkylation sites (N-methyl/N-ethyl adjacent to an activating group) is 1. The van der Waals surface area contributed by atoms with Crippen molar-refractivity contribution in [2.24, 2.45) is 0 Å². The number of nitrogens with zero attached hydrogens (tertiary/aromatic N) is 1. The minimum absolute atomic E-state index is 0.348. The topological polar surface area (TPSA) is 40.5 Å². The van der Waals surface area contributed by atoms with Gasteiger partial charge in [-0.2, -0.15) is 0 Å². The molecule has 0 aliphatic carbocycles. The van der Waals surface area contributed by atoms with Crippen LogP contribution in [-0.2, 0) is 4.79 Å². The highest BCUT2D eigenvalue weighted by Crippen LogP contribution is 2.21. The van der Waals surface area contributed by atoms with Gasteiger partial charge < -0.3 is 5.11 Å². The number of rotatable bonds is 7. The van der Waals surface area contributed by atoms with Gasteiger partial charge in [-0.15, -0.1) is 0 Å². The molecule has 0 aliphatic rings. The zero-order chi connectivity index (χ0) is 13.5. The standard InChI is InChI=1S/C14H20FNO2/c1-3-5-10-16(4-2)13(14(17)18)11-6-8-12(15)9-7-11/h6-9,13H,3-5,10H2,1-2H3,(H,17,18). The Morgan fingerprint density at radius 2 is 1.94 bits per heavy atom. The highest BCUT2D eigenvalue weighted by Gasteiger charge is 2.25. The summed E-state index contributed by atoms with van der Waals surface area (Å²) in [6, 6.07) is 5.01. The summed E-state index contributed by atoms with van der Waals surface area (Å²) in [5, 5.41) is 9.36. The number of carboxylic acid groups (broad SMARTS) is 1. The largest absolute Gasteiger partial charge is 0.480 e. The van der Waals surface area contributed by atoms with Gasteiger partial charge in [-0.1, -0.05) is 32.4 Å². The third-order valence-corrected chi connectivity index (χ3v) is 2.99. The van der Waals surface area contributed by atoms with E-state index in [0.717, 1.165) is 19.4 Å². The van der Waals surface area contributed by atoms with Crippen LogP contribution in [0.4, 0.5) is 4.39 Å². The fraction of sp³-hybridized carbons (Fsp3) is 0.500. The van der Waals surface area contributed by atoms with E-state index in [0.29, 0.717) is 12.1 Å². The van der Waals surface area contributed by atoms with E-state index in [2.05, 4.69) is 6.92 Å². The zero-order valence-corrected chi connectivity index (χ0v) is 10.9. The van der Waals surface area contributed by atoms with E-state index in [1.54, 1.807) is 12.1 Å². The second kappa shape index (κ2) is 7.11. The van der Waals surface area contributed by atoms with Crippen molar-refractivity contribution in [2.75, 3.05) is 13.1 Å². The number of halogens is 1. The van der Waals surface area contributed by atoms with Crippen molar-refractivity contribution in [3.05, 3.63) is 35.6 Å². The van der Waals surface area contributed by atoms with Gasteiger partial charge in [0.2, 0.25) is 0 Å². The lowest BCUT2D eigenvalue weighted by atomic mass is 10.0. The summed E-state index contributed by atoms with van der Waals surface area (Å²) in [4.78, 5) is 13.3. The van der Waals surface area contributed by atoms with Crippen molar-refractivity contribution < 1.29 is 14.3 Å². The molecule has 0 aromatic heterocycles. The molecule has 0 fully saturated rings. The Bertz CT molecular complexity index is 378. The molecule has 0 amide bonds. The highest BCUT2D eigenvalue weighted by molar-refractivity contribution is 5.75. The molecule has 18 heavy (non-hydrogen) atoms. The van der Waals surface area contributed by atoms with Crippen LogP contribution < -0.4 is 0 Å². The van der Waals surface area contributed by atoms with Gasteiger partial charge in [-0.05, 0) is 37.2 Å². The normalized spacial score (nSPS) is 12.7. The molecule has 4 heteroatoms. The van der Waals surface area contributed by atoms with Gasteiger partial charge in [0, 0.05) is 0 Å². The van der Waals surface area contributed by atoms with E-state index in [-0.39, 0.29) is 5.82 Å². The molecule has 0 spiro atoms. The molecular formula is C14H20FNO2. The summed E-state index contributed by atoms with van der Waals surface area (Å²) in [5.41, 5.74) is 0.627. The van der Waals surface area contributed by atoms with Crippen LogP contribution in [0.25, 0.3) is 0 Å². The molecule has 0 aliphatic heterocycles. The Hall–Kier alpha value is -1.42. The molecule has 0 saturated carbocycles. The molecule has 1 rings (SSSR count). The van der Waals surface area contributed by atoms with E-state index in [9.17, 15) is 14.3 Å². The fourth-order valence-corrected chi connectivity index (χ4v) is 1.99. The van der Waals surface area contributed by atoms with Crippen LogP contribution in [0.1, 0.15) is 38.3 Å². The van der Waals surface area contributed by atoms with Crippen LogP contribution >= 0.6 is 0 Å². The lowest BCUT2D eigenvalue weighted by molar-refractivity contribution is -0.143. The molecule has 0 bridgehead atoms. The summed E-state index contributed by atoms with van der Waals surface area (Å²) in [5.74, 6) is -1.24. The maximum Gasteiger partial charge on any atom is 0.325 e. The Morgan fingerprint density at radius 3 is 2.39 bits per heavy atom. The van der Waals surface area contributed by atoms with Gasteiger partial charge in [-0.25, -0.2) is 4.39 Å². The average Bonchev–Trinajstić information content (AvgIpc) is 2.35. The van der Waals surface area contributed by atoms with Crippen LogP contribution in [0.5, 0.6) is 0 Å². The van der Waals surface area contributed by atoms with E-state index in [4.69, 9.17) is 0 Å². The van der Waals surface area contributed by atoms with Crippen LogP contribution in [0, 0.1) is 5.82 Å². The SMILES string of the molecule is CCCCN(CC)C(C(=O)O)c1ccc(F)cc1. The molecule has 1 unspecified atom stereocenters. The number of unbranched alkanes of at least 4 members (excludes halogenated alkanes) is 1. The first-order valence-corrected chi connectivity index (χ1v) is 6.32. The van der Waals surface area contributed by atoms with Gasteiger partial charge in [0.15, 0.2) is 0 Å². The maximum atomic E-state index is 12.9. The zero-order valence-electron chi connectivity index (χ0n) is 10.9. The molecule has 1 aromatic carbocycles. The summed E-state index contributed by atoms with van der Waals surface area (Å²) in [6.45, 7) is 5.41. The minimum atomic E-state index is -0.889. The van der Waals surface area contributed by atoms with Crippen molar-refractivity contribution in [2.45, 2.75) is 32.7 Å². The molecule has 0 radical (unpaired) electrons. The van der Waals surface area contributed by atoms with Crippen LogP contribution in [0.15, 0.2) is 24.3 Å². The van der Waals surface area contributed by atoms with Crippen molar-refractivity contribution in [3.8, 4) is 0 Å². The van der Waals surface area contributed by atoms with Crippen LogP contribution in [0.2, 0.25) is 0 Å². The molecule has 100 valence electrons. The lowest BCUT2D eigenvalue weighted by Crippen LogP contribution is -2.34. The third kappa shape index (κ3) is 3.81. The summed E-state index contributed by atoms with van der Waals surface area (Å²) >= 11 is 0. The van der Waals surface area contributed by atoms with Crippen molar-refractivity contribution in [1.29, 1.82) is 0 Å². The van der Waals surface area contributed by atoms with Crippen LogP contribution in [-0.4, -0.2) is 29.1 Å². The molecule has 0 saturated heterocycles. The monoisotopic (exact) mass is 253 g/mol. The van der Waals surface area contributed by atoms with Crippen molar-refractivity contribution >= 4 is 5.97 Å². The minimum Gasteiger partial charge on any atom is -0.480 e. The van der Waals surface area contributed by atoms with Gasteiger partial charge in [0.05, 0.1) is 0 Å². The summed E-state index contributed by atoms with van der Waals surface area (Å²) < 4.78 is 12.9. The first kappa shape index (κ1) is 14.6. The Balaban J connectivity index is 2.93. The van der Waals surface area contributed by atoms with E-state index in [1.165, 1.54) is 12.1 Å². The quantitative estimate of drug-likeness (QED) is 0.811. The number of hydrogen-bond donors (Lipinski definition) is 1. The second-order valence-electron chi connectivity index (χ2n) is 4.27. The highest BCUT2D eigenvalue weighted by atomic mass is 19.1. The predicted molar refractivity (Wildman–Crippen MR) is 68.9 cm³/mol. The molecule has 3 nitrogen and oxygen atoms in total.